The third kappa shape index (κ3) is 6.06. The third-order valence-electron chi connectivity index (χ3n) is 4.17. The van der Waals surface area contributed by atoms with E-state index >= 15 is 0 Å². The van der Waals surface area contributed by atoms with Crippen LogP contribution in [0, 0.1) is 5.92 Å². The first-order valence-electron chi connectivity index (χ1n) is 9.12. The second kappa shape index (κ2) is 10.3. The summed E-state index contributed by atoms with van der Waals surface area (Å²) in [5, 5.41) is 0. The lowest BCUT2D eigenvalue weighted by molar-refractivity contribution is -0.144. The lowest BCUT2D eigenvalue weighted by Crippen LogP contribution is -2.26. The number of ether oxygens (including phenoxy) is 2. The van der Waals surface area contributed by atoms with Crippen molar-refractivity contribution in [1.82, 2.24) is 0 Å². The lowest BCUT2D eigenvalue weighted by Gasteiger charge is -2.14. The second-order valence-electron chi connectivity index (χ2n) is 6.23. The molecule has 5 heteroatoms. The van der Waals surface area contributed by atoms with Gasteiger partial charge in [0, 0.05) is 0 Å². The second-order valence-corrected chi connectivity index (χ2v) is 6.23. The molecule has 0 saturated heterocycles. The van der Waals surface area contributed by atoms with Gasteiger partial charge in [0.15, 0.2) is 0 Å². The van der Waals surface area contributed by atoms with Gasteiger partial charge in [-0.2, -0.15) is 0 Å². The van der Waals surface area contributed by atoms with Crippen LogP contribution in [0.3, 0.4) is 0 Å². The predicted octanol–water partition coefficient (Wildman–Crippen LogP) is 4.21. The number of carbonyl (C=O) groups excluding carboxylic acids is 3. The topological polar surface area (TPSA) is 69.7 Å². The van der Waals surface area contributed by atoms with E-state index in [1.54, 1.807) is 49.4 Å². The Bertz CT molecular complexity index is 765. The molecule has 27 heavy (non-hydrogen) atoms. The van der Waals surface area contributed by atoms with E-state index in [2.05, 4.69) is 6.92 Å². The van der Waals surface area contributed by atoms with Gasteiger partial charge in [0.25, 0.3) is 0 Å². The van der Waals surface area contributed by atoms with Gasteiger partial charge < -0.3 is 9.47 Å². The number of rotatable bonds is 8. The van der Waals surface area contributed by atoms with Gasteiger partial charge in [-0.3, -0.25) is 4.79 Å². The first-order valence-corrected chi connectivity index (χ1v) is 9.12. The fraction of sp³-hybridized carbons (Fsp3) is 0.318. The molecule has 1 unspecified atom stereocenters. The van der Waals surface area contributed by atoms with Gasteiger partial charge in [-0.05, 0) is 42.7 Å². The molecule has 0 saturated carbocycles. The molecule has 0 N–H and O–H groups in total. The van der Waals surface area contributed by atoms with Crippen molar-refractivity contribution in [1.29, 1.82) is 0 Å². The lowest BCUT2D eigenvalue weighted by atomic mass is 10.1. The van der Waals surface area contributed by atoms with E-state index in [1.807, 2.05) is 12.1 Å². The number of hydrogen-bond donors (Lipinski definition) is 0. The monoisotopic (exact) mass is 368 g/mol. The van der Waals surface area contributed by atoms with Crippen molar-refractivity contribution in [3.63, 3.8) is 0 Å². The number of hydrogen-bond acceptors (Lipinski definition) is 5. The van der Waals surface area contributed by atoms with Crippen LogP contribution in [0.4, 0.5) is 0 Å². The van der Waals surface area contributed by atoms with Crippen LogP contribution in [0.5, 0.6) is 0 Å². The van der Waals surface area contributed by atoms with Gasteiger partial charge in [0.2, 0.25) is 0 Å². The van der Waals surface area contributed by atoms with E-state index in [9.17, 15) is 14.4 Å². The van der Waals surface area contributed by atoms with E-state index in [0.717, 1.165) is 18.4 Å². The van der Waals surface area contributed by atoms with Crippen molar-refractivity contribution in [3.8, 4) is 0 Å². The van der Waals surface area contributed by atoms with Crippen LogP contribution in [0.2, 0.25) is 0 Å². The van der Waals surface area contributed by atoms with Crippen LogP contribution in [-0.4, -0.2) is 24.5 Å². The molecule has 142 valence electrons. The molecular formula is C22H24O5. The van der Waals surface area contributed by atoms with E-state index in [-0.39, 0.29) is 6.61 Å². The van der Waals surface area contributed by atoms with Crippen LogP contribution in [0.25, 0.3) is 0 Å². The fourth-order valence-corrected chi connectivity index (χ4v) is 2.52. The molecule has 0 aliphatic carbocycles. The molecule has 0 spiro atoms. The van der Waals surface area contributed by atoms with E-state index < -0.39 is 23.8 Å². The number of esters is 3. The highest BCUT2D eigenvalue weighted by atomic mass is 16.6. The molecule has 2 aromatic rings. The summed E-state index contributed by atoms with van der Waals surface area (Å²) in [6.07, 6.45) is 2.38. The van der Waals surface area contributed by atoms with Crippen LogP contribution < -0.4 is 0 Å². The maximum absolute atomic E-state index is 12.2. The average Bonchev–Trinajstić information content (AvgIpc) is 2.69. The zero-order valence-electron chi connectivity index (χ0n) is 15.6. The summed E-state index contributed by atoms with van der Waals surface area (Å²) in [5.41, 5.74) is 1.88. The van der Waals surface area contributed by atoms with Crippen molar-refractivity contribution in [2.24, 2.45) is 5.92 Å². The predicted molar refractivity (Wildman–Crippen MR) is 101 cm³/mol. The van der Waals surface area contributed by atoms with Gasteiger partial charge in [-0.1, -0.05) is 50.6 Å². The number of carbonyl (C=O) groups is 3. The standard InChI is InChI=1S/C22H24O5/c1-3-8-16-11-13-19(14-12-16)20(23)26-15-17(4-2)21(24)27-22(25)18-9-6-5-7-10-18/h5-7,9-14,17H,3-4,8,15H2,1-2H3. The Balaban J connectivity index is 1.89. The highest BCUT2D eigenvalue weighted by Gasteiger charge is 2.24. The van der Waals surface area contributed by atoms with Crippen LogP contribution in [0.1, 0.15) is 53.0 Å². The molecule has 5 nitrogen and oxygen atoms in total. The molecule has 0 bridgehead atoms. The van der Waals surface area contributed by atoms with Crippen molar-refractivity contribution >= 4 is 17.9 Å². The highest BCUT2D eigenvalue weighted by Crippen LogP contribution is 2.12. The SMILES string of the molecule is CCCc1ccc(C(=O)OCC(CC)C(=O)OC(=O)c2ccccc2)cc1. The summed E-state index contributed by atoms with van der Waals surface area (Å²) in [5.74, 6) is -2.60. The molecule has 0 amide bonds. The van der Waals surface area contributed by atoms with Crippen LogP contribution in [0.15, 0.2) is 54.6 Å². The summed E-state index contributed by atoms with van der Waals surface area (Å²) in [6.45, 7) is 3.73. The third-order valence-corrected chi connectivity index (χ3v) is 4.17. The molecule has 2 aromatic carbocycles. The average molecular weight is 368 g/mol. The smallest absolute Gasteiger partial charge is 0.345 e. The van der Waals surface area contributed by atoms with Crippen molar-refractivity contribution in [3.05, 3.63) is 71.3 Å². The molecule has 2 rings (SSSR count). The van der Waals surface area contributed by atoms with Gasteiger partial charge in [-0.25, -0.2) is 9.59 Å². The van der Waals surface area contributed by atoms with Gasteiger partial charge >= 0.3 is 17.9 Å². The summed E-state index contributed by atoms with van der Waals surface area (Å²) < 4.78 is 10.1. The Morgan fingerprint density at radius 3 is 2.07 bits per heavy atom. The van der Waals surface area contributed by atoms with Crippen molar-refractivity contribution in [2.45, 2.75) is 33.1 Å². The van der Waals surface area contributed by atoms with E-state index in [1.165, 1.54) is 0 Å². The quantitative estimate of drug-likeness (QED) is 0.516. The summed E-state index contributed by atoms with van der Waals surface area (Å²) in [4.78, 5) is 36.3. The van der Waals surface area contributed by atoms with Crippen molar-refractivity contribution in [2.75, 3.05) is 6.61 Å². The molecule has 1 atom stereocenters. The molecular weight excluding hydrogens is 344 g/mol. The summed E-state index contributed by atoms with van der Waals surface area (Å²) >= 11 is 0. The van der Waals surface area contributed by atoms with Crippen LogP contribution in [-0.2, 0) is 20.7 Å². The number of aryl methyl sites for hydroxylation is 1. The molecule has 0 radical (unpaired) electrons. The van der Waals surface area contributed by atoms with Crippen molar-refractivity contribution < 1.29 is 23.9 Å². The highest BCUT2D eigenvalue weighted by molar-refractivity contribution is 5.97. The Kier molecular flexibility index (Phi) is 7.74. The summed E-state index contributed by atoms with van der Waals surface area (Å²) in [6, 6.07) is 15.5. The van der Waals surface area contributed by atoms with Crippen LogP contribution >= 0.6 is 0 Å². The molecule has 0 fully saturated rings. The molecule has 0 aliphatic rings. The summed E-state index contributed by atoms with van der Waals surface area (Å²) in [7, 11) is 0. The minimum Gasteiger partial charge on any atom is -0.461 e. The fourth-order valence-electron chi connectivity index (χ4n) is 2.52. The Morgan fingerprint density at radius 2 is 1.48 bits per heavy atom. The first-order chi connectivity index (χ1) is 13.0. The maximum Gasteiger partial charge on any atom is 0.345 e. The minimum absolute atomic E-state index is 0.132. The van der Waals surface area contributed by atoms with E-state index in [0.29, 0.717) is 17.5 Å². The maximum atomic E-state index is 12.2. The molecule has 0 aliphatic heterocycles. The normalized spacial score (nSPS) is 11.5. The van der Waals surface area contributed by atoms with E-state index in [4.69, 9.17) is 9.47 Å². The largest absolute Gasteiger partial charge is 0.461 e. The van der Waals surface area contributed by atoms with Gasteiger partial charge in [-0.15, -0.1) is 0 Å². The van der Waals surface area contributed by atoms with Gasteiger partial charge in [0.1, 0.15) is 6.61 Å². The Morgan fingerprint density at radius 1 is 0.852 bits per heavy atom. The number of benzene rings is 2. The van der Waals surface area contributed by atoms with Gasteiger partial charge in [0.05, 0.1) is 17.0 Å². The Hall–Kier alpha value is -2.95. The minimum atomic E-state index is -0.711. The molecule has 0 heterocycles. The first kappa shape index (κ1) is 20.4. The Labute approximate surface area is 159 Å². The molecule has 0 aromatic heterocycles. The zero-order valence-corrected chi connectivity index (χ0v) is 15.6. The zero-order chi connectivity index (χ0) is 19.6.